The smallest absolute Gasteiger partial charge is 0.266 e. The van der Waals surface area contributed by atoms with E-state index in [9.17, 15) is 14.4 Å². The molecule has 0 spiro atoms. The lowest BCUT2D eigenvalue weighted by Gasteiger charge is -2.35. The summed E-state index contributed by atoms with van der Waals surface area (Å²) in [7, 11) is 3.28. The van der Waals surface area contributed by atoms with Crippen LogP contribution in [0.5, 0.6) is 17.2 Å². The van der Waals surface area contributed by atoms with Gasteiger partial charge < -0.3 is 19.1 Å². The Kier molecular flexibility index (Phi) is 7.51. The van der Waals surface area contributed by atoms with Gasteiger partial charge in [-0.15, -0.1) is 0 Å². The molecule has 0 bridgehead atoms. The molecule has 0 saturated carbocycles. The topological polar surface area (TPSA) is 88.6 Å². The SMILES string of the molecule is CCOc1ccc(N2C(=O)c3ccc(C(=O)N4CCN(Cc5cc(OC)ccc5OC)CC4)cc3C2=O)cc1. The van der Waals surface area contributed by atoms with Crippen molar-refractivity contribution in [2.24, 2.45) is 0 Å². The van der Waals surface area contributed by atoms with Gasteiger partial charge in [-0.2, -0.15) is 0 Å². The predicted octanol–water partition coefficient (Wildman–Crippen LogP) is 3.86. The van der Waals surface area contributed by atoms with Gasteiger partial charge in [0.15, 0.2) is 0 Å². The maximum atomic E-state index is 13.3. The van der Waals surface area contributed by atoms with Crippen LogP contribution < -0.4 is 19.1 Å². The van der Waals surface area contributed by atoms with E-state index >= 15 is 0 Å². The van der Waals surface area contributed by atoms with Gasteiger partial charge in [0.1, 0.15) is 17.2 Å². The fourth-order valence-electron chi connectivity index (χ4n) is 5.00. The van der Waals surface area contributed by atoms with E-state index in [1.54, 1.807) is 61.6 Å². The molecular weight excluding hydrogens is 498 g/mol. The van der Waals surface area contributed by atoms with Crippen LogP contribution >= 0.6 is 0 Å². The molecule has 0 aromatic heterocycles. The molecule has 9 nitrogen and oxygen atoms in total. The van der Waals surface area contributed by atoms with Crippen molar-refractivity contribution in [2.75, 3.05) is 51.9 Å². The minimum Gasteiger partial charge on any atom is -0.497 e. The van der Waals surface area contributed by atoms with Crippen LogP contribution in [-0.2, 0) is 6.54 Å². The highest BCUT2D eigenvalue weighted by molar-refractivity contribution is 6.34. The van der Waals surface area contributed by atoms with Crippen molar-refractivity contribution in [3.63, 3.8) is 0 Å². The number of hydrogen-bond acceptors (Lipinski definition) is 7. The monoisotopic (exact) mass is 529 g/mol. The van der Waals surface area contributed by atoms with Crippen LogP contribution in [0.4, 0.5) is 5.69 Å². The Hall–Kier alpha value is -4.37. The average Bonchev–Trinajstić information content (AvgIpc) is 3.22. The summed E-state index contributed by atoms with van der Waals surface area (Å²) in [5, 5.41) is 0. The minimum atomic E-state index is -0.439. The van der Waals surface area contributed by atoms with E-state index < -0.39 is 11.8 Å². The summed E-state index contributed by atoms with van der Waals surface area (Å²) in [4.78, 5) is 44.8. The molecule has 3 amide bonds. The summed E-state index contributed by atoms with van der Waals surface area (Å²) >= 11 is 0. The molecule has 1 fully saturated rings. The number of piperazine rings is 1. The summed E-state index contributed by atoms with van der Waals surface area (Å²) in [6.45, 7) is 5.58. The van der Waals surface area contributed by atoms with E-state index in [1.165, 1.54) is 0 Å². The number of methoxy groups -OCH3 is 2. The van der Waals surface area contributed by atoms with Crippen molar-refractivity contribution in [1.82, 2.24) is 9.80 Å². The molecule has 9 heteroatoms. The van der Waals surface area contributed by atoms with Gasteiger partial charge in [0.25, 0.3) is 17.7 Å². The number of rotatable bonds is 8. The Morgan fingerprint density at radius 2 is 1.49 bits per heavy atom. The quantitative estimate of drug-likeness (QED) is 0.410. The third-order valence-electron chi connectivity index (χ3n) is 7.08. The zero-order chi connectivity index (χ0) is 27.5. The third-order valence-corrected chi connectivity index (χ3v) is 7.08. The number of ether oxygens (including phenoxy) is 3. The molecule has 202 valence electrons. The number of imide groups is 1. The van der Waals surface area contributed by atoms with E-state index in [0.29, 0.717) is 61.9 Å². The van der Waals surface area contributed by atoms with Gasteiger partial charge >= 0.3 is 0 Å². The van der Waals surface area contributed by atoms with Gasteiger partial charge in [-0.05, 0) is 67.6 Å². The van der Waals surface area contributed by atoms with E-state index in [1.807, 2.05) is 25.1 Å². The molecule has 0 aliphatic carbocycles. The van der Waals surface area contributed by atoms with Crippen LogP contribution in [0.25, 0.3) is 0 Å². The normalized spacial score (nSPS) is 15.4. The maximum Gasteiger partial charge on any atom is 0.266 e. The van der Waals surface area contributed by atoms with Crippen LogP contribution in [-0.4, -0.2) is 74.5 Å². The van der Waals surface area contributed by atoms with Crippen LogP contribution in [0.15, 0.2) is 60.7 Å². The Bertz CT molecular complexity index is 1400. The summed E-state index contributed by atoms with van der Waals surface area (Å²) < 4.78 is 16.3. The molecule has 2 heterocycles. The molecular formula is C30H31N3O6. The van der Waals surface area contributed by atoms with E-state index in [2.05, 4.69) is 4.90 Å². The first-order valence-corrected chi connectivity index (χ1v) is 12.9. The van der Waals surface area contributed by atoms with Crippen molar-refractivity contribution >= 4 is 23.4 Å². The summed E-state index contributed by atoms with van der Waals surface area (Å²) in [6, 6.07) is 17.3. The van der Waals surface area contributed by atoms with Gasteiger partial charge in [-0.25, -0.2) is 4.90 Å². The number of fused-ring (bicyclic) bond motifs is 1. The minimum absolute atomic E-state index is 0.156. The molecule has 1 saturated heterocycles. The largest absolute Gasteiger partial charge is 0.497 e. The molecule has 3 aromatic rings. The molecule has 0 atom stereocenters. The number of carbonyl (C=O) groups is 3. The zero-order valence-corrected chi connectivity index (χ0v) is 22.3. The molecule has 2 aliphatic rings. The van der Waals surface area contributed by atoms with Crippen molar-refractivity contribution in [2.45, 2.75) is 13.5 Å². The van der Waals surface area contributed by atoms with E-state index in [0.717, 1.165) is 22.0 Å². The first kappa shape index (κ1) is 26.2. The van der Waals surface area contributed by atoms with Gasteiger partial charge in [-0.3, -0.25) is 19.3 Å². The van der Waals surface area contributed by atoms with Crippen molar-refractivity contribution in [3.8, 4) is 17.2 Å². The van der Waals surface area contributed by atoms with Gasteiger partial charge in [0.2, 0.25) is 0 Å². The molecule has 0 N–H and O–H groups in total. The van der Waals surface area contributed by atoms with Gasteiger partial charge in [0.05, 0.1) is 37.6 Å². The number of carbonyl (C=O) groups excluding carboxylic acids is 3. The molecule has 3 aromatic carbocycles. The number of anilines is 1. The van der Waals surface area contributed by atoms with Crippen molar-refractivity contribution < 1.29 is 28.6 Å². The molecule has 0 radical (unpaired) electrons. The van der Waals surface area contributed by atoms with E-state index in [-0.39, 0.29) is 11.5 Å². The van der Waals surface area contributed by atoms with Crippen LogP contribution in [0, 0.1) is 0 Å². The number of benzene rings is 3. The zero-order valence-electron chi connectivity index (χ0n) is 22.3. The first-order valence-electron chi connectivity index (χ1n) is 12.9. The Morgan fingerprint density at radius 1 is 0.795 bits per heavy atom. The summed E-state index contributed by atoms with van der Waals surface area (Å²) in [5.74, 6) is 1.23. The fourth-order valence-corrected chi connectivity index (χ4v) is 5.00. The molecule has 2 aliphatic heterocycles. The lowest BCUT2D eigenvalue weighted by molar-refractivity contribution is 0.0627. The molecule has 0 unspecified atom stereocenters. The number of nitrogens with zero attached hydrogens (tertiary/aromatic N) is 3. The Balaban J connectivity index is 1.25. The first-order chi connectivity index (χ1) is 18.9. The van der Waals surface area contributed by atoms with Crippen LogP contribution in [0.2, 0.25) is 0 Å². The predicted molar refractivity (Wildman–Crippen MR) is 146 cm³/mol. The lowest BCUT2D eigenvalue weighted by Crippen LogP contribution is -2.48. The van der Waals surface area contributed by atoms with Crippen LogP contribution in [0.3, 0.4) is 0 Å². The van der Waals surface area contributed by atoms with Crippen molar-refractivity contribution in [1.29, 1.82) is 0 Å². The number of amides is 3. The summed E-state index contributed by atoms with van der Waals surface area (Å²) in [6.07, 6.45) is 0. The standard InChI is InChI=1S/C30H31N3O6/c1-4-39-23-8-6-22(7-9-23)33-29(35)25-11-5-20(18-26(25)30(33)36)28(34)32-15-13-31(14-16-32)19-21-17-24(37-2)10-12-27(21)38-3/h5-12,17-18H,4,13-16,19H2,1-3H3. The Labute approximate surface area is 227 Å². The highest BCUT2D eigenvalue weighted by Crippen LogP contribution is 2.31. The third kappa shape index (κ3) is 5.18. The van der Waals surface area contributed by atoms with Crippen molar-refractivity contribution in [3.05, 3.63) is 82.9 Å². The second-order valence-electron chi connectivity index (χ2n) is 9.38. The molecule has 5 rings (SSSR count). The Morgan fingerprint density at radius 3 is 2.15 bits per heavy atom. The summed E-state index contributed by atoms with van der Waals surface area (Å²) in [5.41, 5.74) is 2.41. The highest BCUT2D eigenvalue weighted by atomic mass is 16.5. The van der Waals surface area contributed by atoms with Gasteiger partial charge in [0, 0.05) is 43.9 Å². The average molecular weight is 530 g/mol. The van der Waals surface area contributed by atoms with Crippen LogP contribution in [0.1, 0.15) is 43.6 Å². The maximum absolute atomic E-state index is 13.3. The van der Waals surface area contributed by atoms with E-state index in [4.69, 9.17) is 14.2 Å². The fraction of sp³-hybridized carbons (Fsp3) is 0.300. The number of hydrogen-bond donors (Lipinski definition) is 0. The van der Waals surface area contributed by atoms with Gasteiger partial charge in [-0.1, -0.05) is 0 Å². The highest BCUT2D eigenvalue weighted by Gasteiger charge is 2.37. The lowest BCUT2D eigenvalue weighted by atomic mass is 10.0. The molecule has 39 heavy (non-hydrogen) atoms. The second-order valence-corrected chi connectivity index (χ2v) is 9.38. The second kappa shape index (κ2) is 11.2.